The molecule has 1 heterocycles. The van der Waals surface area contributed by atoms with Crippen LogP contribution in [-0.4, -0.2) is 18.0 Å². The lowest BCUT2D eigenvalue weighted by Gasteiger charge is -2.10. The number of nitrogens with zero attached hydrogens (tertiary/aromatic N) is 1. The fourth-order valence-corrected chi connectivity index (χ4v) is 2.51. The van der Waals surface area contributed by atoms with Crippen molar-refractivity contribution in [3.8, 4) is 17.1 Å². The molecule has 1 aromatic heterocycles. The van der Waals surface area contributed by atoms with E-state index in [4.69, 9.17) is 9.15 Å². The largest absolute Gasteiger partial charge is 0.495 e. The van der Waals surface area contributed by atoms with E-state index in [1.807, 2.05) is 55.5 Å². The second-order valence-corrected chi connectivity index (χ2v) is 5.74. The van der Waals surface area contributed by atoms with Crippen LogP contribution in [0.25, 0.3) is 11.3 Å². The van der Waals surface area contributed by atoms with E-state index in [1.165, 1.54) is 0 Å². The van der Waals surface area contributed by atoms with Crippen molar-refractivity contribution in [2.24, 2.45) is 0 Å². The molecule has 3 aromatic rings. The lowest BCUT2D eigenvalue weighted by atomic mass is 10.2. The minimum Gasteiger partial charge on any atom is -0.495 e. The predicted octanol–water partition coefficient (Wildman–Crippen LogP) is 4.23. The molecule has 2 aromatic carbocycles. The van der Waals surface area contributed by atoms with E-state index in [0.29, 0.717) is 29.5 Å². The van der Waals surface area contributed by atoms with E-state index < -0.39 is 0 Å². The Hall–Kier alpha value is -3.08. The van der Waals surface area contributed by atoms with Crippen LogP contribution in [0.3, 0.4) is 0 Å². The number of aromatic nitrogens is 1. The number of hydrogen-bond donors (Lipinski definition) is 1. The molecule has 0 unspecified atom stereocenters. The van der Waals surface area contributed by atoms with Crippen LogP contribution in [0.2, 0.25) is 0 Å². The summed E-state index contributed by atoms with van der Waals surface area (Å²) in [6, 6.07) is 15.4. The summed E-state index contributed by atoms with van der Waals surface area (Å²) < 4.78 is 11.0. The molecular weight excluding hydrogens is 316 g/mol. The Morgan fingerprint density at radius 2 is 2.00 bits per heavy atom. The van der Waals surface area contributed by atoms with E-state index in [0.717, 1.165) is 11.1 Å². The van der Waals surface area contributed by atoms with Gasteiger partial charge in [0.25, 0.3) is 0 Å². The molecule has 5 heteroatoms. The van der Waals surface area contributed by atoms with Gasteiger partial charge in [-0.2, -0.15) is 0 Å². The Bertz CT molecular complexity index is 856. The van der Waals surface area contributed by atoms with Gasteiger partial charge in [0.2, 0.25) is 5.91 Å². The monoisotopic (exact) mass is 336 g/mol. The second-order valence-electron chi connectivity index (χ2n) is 5.74. The number of ether oxygens (including phenoxy) is 1. The number of anilines is 1. The fourth-order valence-electron chi connectivity index (χ4n) is 2.51. The van der Waals surface area contributed by atoms with Gasteiger partial charge in [-0.1, -0.05) is 36.4 Å². The van der Waals surface area contributed by atoms with Gasteiger partial charge in [0, 0.05) is 18.4 Å². The van der Waals surface area contributed by atoms with Crippen molar-refractivity contribution in [2.45, 2.75) is 19.8 Å². The Kier molecular flexibility index (Phi) is 5.14. The van der Waals surface area contributed by atoms with E-state index in [2.05, 4.69) is 10.3 Å². The van der Waals surface area contributed by atoms with Gasteiger partial charge in [-0.15, -0.1) is 0 Å². The molecule has 1 amide bonds. The molecule has 0 aliphatic carbocycles. The molecule has 5 nitrogen and oxygen atoms in total. The van der Waals surface area contributed by atoms with Crippen molar-refractivity contribution >= 4 is 11.6 Å². The molecule has 0 aliphatic rings. The zero-order valence-electron chi connectivity index (χ0n) is 14.3. The number of benzene rings is 2. The topological polar surface area (TPSA) is 64.4 Å². The smallest absolute Gasteiger partial charge is 0.224 e. The third-order valence-electron chi connectivity index (χ3n) is 3.81. The molecule has 25 heavy (non-hydrogen) atoms. The molecule has 0 saturated heterocycles. The Morgan fingerprint density at radius 3 is 2.76 bits per heavy atom. The molecule has 0 fully saturated rings. The lowest BCUT2D eigenvalue weighted by molar-refractivity contribution is -0.116. The highest BCUT2D eigenvalue weighted by Gasteiger charge is 2.11. The van der Waals surface area contributed by atoms with Gasteiger partial charge in [-0.3, -0.25) is 4.79 Å². The first-order chi connectivity index (χ1) is 12.2. The van der Waals surface area contributed by atoms with Crippen molar-refractivity contribution in [1.82, 2.24) is 4.98 Å². The summed E-state index contributed by atoms with van der Waals surface area (Å²) in [5, 5.41) is 2.88. The SMILES string of the molecule is COc1ccc(C)cc1NC(=O)CCc1ncc(-c2ccccc2)o1. The van der Waals surface area contributed by atoms with Crippen LogP contribution in [0.5, 0.6) is 5.75 Å². The van der Waals surface area contributed by atoms with E-state index in [-0.39, 0.29) is 12.3 Å². The molecule has 0 aliphatic heterocycles. The first-order valence-electron chi connectivity index (χ1n) is 8.10. The van der Waals surface area contributed by atoms with Gasteiger partial charge in [0.15, 0.2) is 11.7 Å². The third-order valence-corrected chi connectivity index (χ3v) is 3.81. The van der Waals surface area contributed by atoms with Crippen LogP contribution >= 0.6 is 0 Å². The summed E-state index contributed by atoms with van der Waals surface area (Å²) in [5.74, 6) is 1.78. The van der Waals surface area contributed by atoms with Crippen LogP contribution in [0.4, 0.5) is 5.69 Å². The maximum Gasteiger partial charge on any atom is 0.224 e. The van der Waals surface area contributed by atoms with Crippen LogP contribution in [0, 0.1) is 6.92 Å². The fraction of sp³-hybridized carbons (Fsp3) is 0.200. The first kappa shape index (κ1) is 16.8. The molecule has 0 saturated carbocycles. The number of rotatable bonds is 6. The number of hydrogen-bond acceptors (Lipinski definition) is 4. The quantitative estimate of drug-likeness (QED) is 0.731. The minimum atomic E-state index is -0.108. The highest BCUT2D eigenvalue weighted by atomic mass is 16.5. The van der Waals surface area contributed by atoms with Crippen molar-refractivity contribution in [3.05, 3.63) is 66.2 Å². The maximum absolute atomic E-state index is 12.2. The minimum absolute atomic E-state index is 0.108. The molecule has 3 rings (SSSR count). The molecule has 128 valence electrons. The zero-order valence-corrected chi connectivity index (χ0v) is 14.3. The van der Waals surface area contributed by atoms with Crippen molar-refractivity contribution in [3.63, 3.8) is 0 Å². The van der Waals surface area contributed by atoms with E-state index >= 15 is 0 Å². The molecule has 0 bridgehead atoms. The number of aryl methyl sites for hydroxylation is 2. The third kappa shape index (κ3) is 4.26. The molecule has 0 spiro atoms. The van der Waals surface area contributed by atoms with Crippen molar-refractivity contribution in [1.29, 1.82) is 0 Å². The highest BCUT2D eigenvalue weighted by Crippen LogP contribution is 2.25. The summed E-state index contributed by atoms with van der Waals surface area (Å²) in [7, 11) is 1.58. The van der Waals surface area contributed by atoms with E-state index in [1.54, 1.807) is 13.3 Å². The molecule has 0 atom stereocenters. The average molecular weight is 336 g/mol. The number of amides is 1. The summed E-state index contributed by atoms with van der Waals surface area (Å²) in [4.78, 5) is 16.5. The van der Waals surface area contributed by atoms with Gasteiger partial charge in [-0.25, -0.2) is 4.98 Å². The van der Waals surface area contributed by atoms with Crippen LogP contribution < -0.4 is 10.1 Å². The molecular formula is C20H20N2O3. The highest BCUT2D eigenvalue weighted by molar-refractivity contribution is 5.92. The number of methoxy groups -OCH3 is 1. The number of carbonyl (C=O) groups excluding carboxylic acids is 1. The number of carbonyl (C=O) groups is 1. The van der Waals surface area contributed by atoms with Gasteiger partial charge < -0.3 is 14.5 Å². The Morgan fingerprint density at radius 1 is 1.20 bits per heavy atom. The summed E-state index contributed by atoms with van der Waals surface area (Å²) in [6.07, 6.45) is 2.41. The second kappa shape index (κ2) is 7.66. The van der Waals surface area contributed by atoms with Gasteiger partial charge in [0.05, 0.1) is 19.0 Å². The van der Waals surface area contributed by atoms with Crippen LogP contribution in [-0.2, 0) is 11.2 Å². The van der Waals surface area contributed by atoms with Crippen LogP contribution in [0.1, 0.15) is 17.9 Å². The van der Waals surface area contributed by atoms with Crippen molar-refractivity contribution < 1.29 is 13.9 Å². The molecule has 1 N–H and O–H groups in total. The Balaban J connectivity index is 1.60. The summed E-state index contributed by atoms with van der Waals surface area (Å²) in [6.45, 7) is 1.97. The Labute approximate surface area is 146 Å². The normalized spacial score (nSPS) is 10.5. The van der Waals surface area contributed by atoms with E-state index in [9.17, 15) is 4.79 Å². The first-order valence-corrected chi connectivity index (χ1v) is 8.10. The zero-order chi connectivity index (χ0) is 17.6. The molecule has 0 radical (unpaired) electrons. The standard InChI is InChI=1S/C20H20N2O3/c1-14-8-9-17(24-2)16(12-14)22-19(23)10-11-20-21-13-18(25-20)15-6-4-3-5-7-15/h3-9,12-13H,10-11H2,1-2H3,(H,22,23). The van der Waals surface area contributed by atoms with Crippen molar-refractivity contribution in [2.75, 3.05) is 12.4 Å². The number of oxazole rings is 1. The maximum atomic E-state index is 12.2. The summed E-state index contributed by atoms with van der Waals surface area (Å²) >= 11 is 0. The van der Waals surface area contributed by atoms with Gasteiger partial charge >= 0.3 is 0 Å². The average Bonchev–Trinajstić information content (AvgIpc) is 3.10. The van der Waals surface area contributed by atoms with Gasteiger partial charge in [0.1, 0.15) is 5.75 Å². The number of nitrogens with one attached hydrogen (secondary N) is 1. The summed E-state index contributed by atoms with van der Waals surface area (Å²) in [5.41, 5.74) is 2.69. The predicted molar refractivity (Wildman–Crippen MR) is 96.6 cm³/mol. The van der Waals surface area contributed by atoms with Crippen LogP contribution in [0.15, 0.2) is 59.1 Å². The lowest BCUT2D eigenvalue weighted by Crippen LogP contribution is -2.13. The van der Waals surface area contributed by atoms with Gasteiger partial charge in [-0.05, 0) is 24.6 Å².